The van der Waals surface area contributed by atoms with Crippen molar-refractivity contribution in [2.45, 2.75) is 31.7 Å². The van der Waals surface area contributed by atoms with E-state index in [0.717, 1.165) is 24.1 Å². The van der Waals surface area contributed by atoms with Crippen molar-refractivity contribution in [3.05, 3.63) is 42.1 Å². The van der Waals surface area contributed by atoms with Crippen molar-refractivity contribution < 1.29 is 4.79 Å². The van der Waals surface area contributed by atoms with Crippen LogP contribution in [0.2, 0.25) is 0 Å². The van der Waals surface area contributed by atoms with E-state index in [9.17, 15) is 4.79 Å². The van der Waals surface area contributed by atoms with E-state index in [1.165, 1.54) is 12.8 Å². The van der Waals surface area contributed by atoms with Crippen molar-refractivity contribution in [3.63, 3.8) is 0 Å². The number of benzene rings is 1. The lowest BCUT2D eigenvalue weighted by Crippen LogP contribution is -2.32. The minimum Gasteiger partial charge on any atom is -0.348 e. The largest absolute Gasteiger partial charge is 0.348 e. The van der Waals surface area contributed by atoms with Crippen LogP contribution in [0.3, 0.4) is 0 Å². The molecule has 0 spiro atoms. The number of aromatic amines is 1. The van der Waals surface area contributed by atoms with E-state index in [2.05, 4.69) is 15.5 Å². The van der Waals surface area contributed by atoms with Crippen LogP contribution in [0.25, 0.3) is 11.3 Å². The molecule has 0 bridgehead atoms. The molecule has 0 radical (unpaired) electrons. The Kier molecular flexibility index (Phi) is 3.31. The van der Waals surface area contributed by atoms with E-state index in [1.807, 2.05) is 30.3 Å². The highest BCUT2D eigenvalue weighted by molar-refractivity contribution is 5.93. The summed E-state index contributed by atoms with van der Waals surface area (Å²) in [4.78, 5) is 12.1. The first-order valence-corrected chi connectivity index (χ1v) is 6.74. The molecule has 2 N–H and O–H groups in total. The molecule has 1 aromatic heterocycles. The van der Waals surface area contributed by atoms with E-state index >= 15 is 0 Å². The average molecular weight is 255 g/mol. The Labute approximate surface area is 112 Å². The van der Waals surface area contributed by atoms with Crippen molar-refractivity contribution in [3.8, 4) is 11.3 Å². The summed E-state index contributed by atoms with van der Waals surface area (Å²) >= 11 is 0. The number of amides is 1. The monoisotopic (exact) mass is 255 g/mol. The SMILES string of the molecule is O=C(NC1CCCC1)c1cc(-c2ccccc2)n[nH]1. The van der Waals surface area contributed by atoms with Gasteiger partial charge >= 0.3 is 0 Å². The Hall–Kier alpha value is -2.10. The molecular formula is C15H17N3O. The van der Waals surface area contributed by atoms with Crippen LogP contribution in [0.15, 0.2) is 36.4 Å². The van der Waals surface area contributed by atoms with E-state index in [1.54, 1.807) is 6.07 Å². The molecule has 1 heterocycles. The van der Waals surface area contributed by atoms with Gasteiger partial charge in [0.25, 0.3) is 5.91 Å². The predicted molar refractivity (Wildman–Crippen MR) is 73.7 cm³/mol. The van der Waals surface area contributed by atoms with Gasteiger partial charge in [0.2, 0.25) is 0 Å². The highest BCUT2D eigenvalue weighted by Crippen LogP contribution is 2.19. The summed E-state index contributed by atoms with van der Waals surface area (Å²) in [6.07, 6.45) is 4.60. The fourth-order valence-corrected chi connectivity index (χ4v) is 2.53. The topological polar surface area (TPSA) is 57.8 Å². The second-order valence-electron chi connectivity index (χ2n) is 4.99. The number of hydrogen-bond donors (Lipinski definition) is 2. The van der Waals surface area contributed by atoms with Crippen molar-refractivity contribution in [1.82, 2.24) is 15.5 Å². The van der Waals surface area contributed by atoms with Gasteiger partial charge in [0.05, 0.1) is 5.69 Å². The minimum absolute atomic E-state index is 0.0541. The molecule has 1 aliphatic rings. The number of rotatable bonds is 3. The third kappa shape index (κ3) is 2.67. The van der Waals surface area contributed by atoms with Crippen LogP contribution in [-0.4, -0.2) is 22.1 Å². The lowest BCUT2D eigenvalue weighted by molar-refractivity contribution is 0.0933. The standard InChI is InChI=1S/C15H17N3O/c19-15(16-12-8-4-5-9-12)14-10-13(17-18-14)11-6-2-1-3-7-11/h1-3,6-7,10,12H,4-5,8-9H2,(H,16,19)(H,17,18). The summed E-state index contributed by atoms with van der Waals surface area (Å²) in [6.45, 7) is 0. The molecule has 2 aromatic rings. The molecule has 4 heteroatoms. The van der Waals surface area contributed by atoms with Crippen LogP contribution in [0, 0.1) is 0 Å². The molecule has 4 nitrogen and oxygen atoms in total. The Bertz CT molecular complexity index is 556. The summed E-state index contributed by atoms with van der Waals surface area (Å²) in [5.74, 6) is -0.0541. The molecular weight excluding hydrogens is 238 g/mol. The van der Waals surface area contributed by atoms with Crippen LogP contribution in [0.5, 0.6) is 0 Å². The summed E-state index contributed by atoms with van der Waals surface area (Å²) < 4.78 is 0. The second kappa shape index (κ2) is 5.26. The van der Waals surface area contributed by atoms with Crippen LogP contribution in [0.4, 0.5) is 0 Å². The molecule has 0 atom stereocenters. The molecule has 1 saturated carbocycles. The van der Waals surface area contributed by atoms with Gasteiger partial charge in [0, 0.05) is 11.6 Å². The fourth-order valence-electron chi connectivity index (χ4n) is 2.53. The van der Waals surface area contributed by atoms with Gasteiger partial charge in [0.15, 0.2) is 0 Å². The van der Waals surface area contributed by atoms with Crippen LogP contribution >= 0.6 is 0 Å². The highest BCUT2D eigenvalue weighted by atomic mass is 16.2. The average Bonchev–Trinajstić information content (AvgIpc) is 3.10. The zero-order chi connectivity index (χ0) is 13.1. The molecule has 0 saturated heterocycles. The Morgan fingerprint density at radius 3 is 2.68 bits per heavy atom. The smallest absolute Gasteiger partial charge is 0.269 e. The third-order valence-electron chi connectivity index (χ3n) is 3.58. The molecule has 1 aliphatic carbocycles. The van der Waals surface area contributed by atoms with E-state index < -0.39 is 0 Å². The quantitative estimate of drug-likeness (QED) is 0.886. The van der Waals surface area contributed by atoms with Gasteiger partial charge in [-0.15, -0.1) is 0 Å². The molecule has 19 heavy (non-hydrogen) atoms. The van der Waals surface area contributed by atoms with Gasteiger partial charge in [0.1, 0.15) is 5.69 Å². The normalized spacial score (nSPS) is 15.6. The number of carbonyl (C=O) groups excluding carboxylic acids is 1. The highest BCUT2D eigenvalue weighted by Gasteiger charge is 2.19. The molecule has 0 unspecified atom stereocenters. The summed E-state index contributed by atoms with van der Waals surface area (Å²) in [7, 11) is 0. The van der Waals surface area contributed by atoms with E-state index in [4.69, 9.17) is 0 Å². The second-order valence-corrected chi connectivity index (χ2v) is 4.99. The zero-order valence-corrected chi connectivity index (χ0v) is 10.7. The van der Waals surface area contributed by atoms with Crippen molar-refractivity contribution in [1.29, 1.82) is 0 Å². The maximum Gasteiger partial charge on any atom is 0.269 e. The van der Waals surface area contributed by atoms with Gasteiger partial charge in [-0.05, 0) is 18.9 Å². The van der Waals surface area contributed by atoms with Gasteiger partial charge in [-0.25, -0.2) is 0 Å². The summed E-state index contributed by atoms with van der Waals surface area (Å²) in [6, 6.07) is 12.0. The molecule has 0 aliphatic heterocycles. The van der Waals surface area contributed by atoms with Crippen molar-refractivity contribution >= 4 is 5.91 Å². The predicted octanol–water partition coefficient (Wildman–Crippen LogP) is 2.75. The van der Waals surface area contributed by atoms with E-state index in [-0.39, 0.29) is 5.91 Å². The molecule has 98 valence electrons. The van der Waals surface area contributed by atoms with Crippen LogP contribution < -0.4 is 5.32 Å². The minimum atomic E-state index is -0.0541. The maximum absolute atomic E-state index is 12.1. The first-order chi connectivity index (χ1) is 9.33. The first kappa shape index (κ1) is 12.0. The summed E-state index contributed by atoms with van der Waals surface area (Å²) in [5, 5.41) is 10.1. The number of nitrogens with one attached hydrogen (secondary N) is 2. The van der Waals surface area contributed by atoms with Crippen LogP contribution in [-0.2, 0) is 0 Å². The van der Waals surface area contributed by atoms with Gasteiger partial charge in [-0.2, -0.15) is 5.10 Å². The Morgan fingerprint density at radius 2 is 1.95 bits per heavy atom. The first-order valence-electron chi connectivity index (χ1n) is 6.74. The number of carbonyl (C=O) groups is 1. The lowest BCUT2D eigenvalue weighted by Gasteiger charge is -2.09. The Morgan fingerprint density at radius 1 is 1.21 bits per heavy atom. The number of nitrogens with zero attached hydrogens (tertiary/aromatic N) is 1. The molecule has 1 aromatic carbocycles. The van der Waals surface area contributed by atoms with Crippen LogP contribution in [0.1, 0.15) is 36.2 Å². The molecule has 1 amide bonds. The Balaban J connectivity index is 1.72. The lowest BCUT2D eigenvalue weighted by atomic mass is 10.1. The third-order valence-corrected chi connectivity index (χ3v) is 3.58. The van der Waals surface area contributed by atoms with Crippen molar-refractivity contribution in [2.75, 3.05) is 0 Å². The van der Waals surface area contributed by atoms with Gasteiger partial charge in [-0.3, -0.25) is 9.89 Å². The zero-order valence-electron chi connectivity index (χ0n) is 10.7. The van der Waals surface area contributed by atoms with Gasteiger partial charge < -0.3 is 5.32 Å². The number of hydrogen-bond acceptors (Lipinski definition) is 2. The fraction of sp³-hybridized carbons (Fsp3) is 0.333. The summed E-state index contributed by atoms with van der Waals surface area (Å²) in [5.41, 5.74) is 2.35. The molecule has 3 rings (SSSR count). The number of H-pyrrole nitrogens is 1. The van der Waals surface area contributed by atoms with E-state index in [0.29, 0.717) is 11.7 Å². The maximum atomic E-state index is 12.1. The number of aromatic nitrogens is 2. The molecule has 1 fully saturated rings. The van der Waals surface area contributed by atoms with Gasteiger partial charge in [-0.1, -0.05) is 43.2 Å². The van der Waals surface area contributed by atoms with Crippen molar-refractivity contribution in [2.24, 2.45) is 0 Å².